The van der Waals surface area contributed by atoms with E-state index in [1.807, 2.05) is 6.07 Å². The Morgan fingerprint density at radius 3 is 2.55 bits per heavy atom. The van der Waals surface area contributed by atoms with Gasteiger partial charge in [0.15, 0.2) is 0 Å². The lowest BCUT2D eigenvalue weighted by molar-refractivity contribution is -0.133. The number of hydrogen-bond acceptors (Lipinski definition) is 3. The van der Waals surface area contributed by atoms with E-state index in [2.05, 4.69) is 18.2 Å². The first-order valence-electron chi connectivity index (χ1n) is 7.97. The molecule has 0 radical (unpaired) electrons. The molecule has 0 N–H and O–H groups in total. The number of aryl methyl sites for hydroxylation is 1. The smallest absolute Gasteiger partial charge is 0.146 e. The van der Waals surface area contributed by atoms with Crippen LogP contribution in [0.25, 0.3) is 5.57 Å². The number of ketones is 2. The van der Waals surface area contributed by atoms with Crippen LogP contribution in [0.1, 0.15) is 50.2 Å². The summed E-state index contributed by atoms with van der Waals surface area (Å²) < 4.78 is 5.29. The Labute approximate surface area is 131 Å². The van der Waals surface area contributed by atoms with Crippen molar-refractivity contribution in [3.63, 3.8) is 0 Å². The number of fused-ring (bicyclic) bond motifs is 1. The molecule has 0 unspecified atom stereocenters. The highest BCUT2D eigenvalue weighted by Crippen LogP contribution is 2.38. The van der Waals surface area contributed by atoms with Crippen molar-refractivity contribution in [2.24, 2.45) is 5.41 Å². The van der Waals surface area contributed by atoms with Gasteiger partial charge in [-0.25, -0.2) is 0 Å². The van der Waals surface area contributed by atoms with E-state index < -0.39 is 5.41 Å². The van der Waals surface area contributed by atoms with Crippen LogP contribution in [0, 0.1) is 5.41 Å². The summed E-state index contributed by atoms with van der Waals surface area (Å²) in [4.78, 5) is 24.1. The number of allylic oxidation sites excluding steroid dienone is 2. The summed E-state index contributed by atoms with van der Waals surface area (Å²) in [5, 5.41) is 0. The molecule has 2 aliphatic rings. The minimum Gasteiger partial charge on any atom is -0.497 e. The van der Waals surface area contributed by atoms with Crippen LogP contribution in [0.5, 0.6) is 5.75 Å². The number of carbonyl (C=O) groups is 2. The van der Waals surface area contributed by atoms with E-state index in [4.69, 9.17) is 4.74 Å². The lowest BCUT2D eigenvalue weighted by atomic mass is 9.80. The second kappa shape index (κ2) is 5.71. The molecule has 0 aromatic heterocycles. The predicted octanol–water partition coefficient (Wildman–Crippen LogP) is 3.74. The molecule has 116 valence electrons. The molecule has 1 aromatic carbocycles. The van der Waals surface area contributed by atoms with Crippen LogP contribution < -0.4 is 4.74 Å². The van der Waals surface area contributed by atoms with Crippen molar-refractivity contribution >= 4 is 17.1 Å². The van der Waals surface area contributed by atoms with E-state index in [1.165, 1.54) is 16.7 Å². The first kappa shape index (κ1) is 15.0. The molecule has 3 heteroatoms. The van der Waals surface area contributed by atoms with Gasteiger partial charge in [0.25, 0.3) is 0 Å². The molecule has 1 saturated carbocycles. The van der Waals surface area contributed by atoms with Crippen LogP contribution >= 0.6 is 0 Å². The molecule has 3 nitrogen and oxygen atoms in total. The standard InChI is InChI=1S/C19H22O3/c1-19(17(20)8-9-18(19)21)11-10-13-4-3-5-14-12-15(22-2)6-7-16(13)14/h6-7,10,12H,3-5,8-9,11H2,1-2H3. The largest absolute Gasteiger partial charge is 0.497 e. The van der Waals surface area contributed by atoms with Gasteiger partial charge in [-0.15, -0.1) is 0 Å². The van der Waals surface area contributed by atoms with Crippen LogP contribution in [0.15, 0.2) is 24.3 Å². The fraction of sp³-hybridized carbons (Fsp3) is 0.474. The van der Waals surface area contributed by atoms with Crippen LogP contribution in [-0.2, 0) is 16.0 Å². The van der Waals surface area contributed by atoms with Crippen LogP contribution in [-0.4, -0.2) is 18.7 Å². The van der Waals surface area contributed by atoms with Crippen LogP contribution in [0.2, 0.25) is 0 Å². The average molecular weight is 298 g/mol. The molecule has 0 amide bonds. The zero-order valence-electron chi connectivity index (χ0n) is 13.3. The van der Waals surface area contributed by atoms with Crippen LogP contribution in [0.3, 0.4) is 0 Å². The van der Waals surface area contributed by atoms with E-state index in [0.717, 1.165) is 25.0 Å². The third-order valence-corrected chi connectivity index (χ3v) is 5.12. The minimum absolute atomic E-state index is 0.0973. The predicted molar refractivity (Wildman–Crippen MR) is 85.9 cm³/mol. The molecule has 1 fully saturated rings. The van der Waals surface area contributed by atoms with Crippen molar-refractivity contribution in [3.8, 4) is 5.75 Å². The van der Waals surface area contributed by atoms with Gasteiger partial charge in [0, 0.05) is 12.8 Å². The van der Waals surface area contributed by atoms with Crippen molar-refractivity contribution in [2.75, 3.05) is 7.11 Å². The van der Waals surface area contributed by atoms with Gasteiger partial charge >= 0.3 is 0 Å². The minimum atomic E-state index is -0.795. The normalized spacial score (nSPS) is 22.0. The maximum Gasteiger partial charge on any atom is 0.146 e. The van der Waals surface area contributed by atoms with E-state index in [1.54, 1.807) is 14.0 Å². The summed E-state index contributed by atoms with van der Waals surface area (Å²) in [6.45, 7) is 1.81. The maximum absolute atomic E-state index is 12.0. The molecule has 0 saturated heterocycles. The molecule has 22 heavy (non-hydrogen) atoms. The molecule has 2 aliphatic carbocycles. The third kappa shape index (κ3) is 2.49. The molecule has 3 rings (SSSR count). The molecular weight excluding hydrogens is 276 g/mol. The van der Waals surface area contributed by atoms with Crippen molar-refractivity contribution in [1.29, 1.82) is 0 Å². The number of rotatable bonds is 3. The highest BCUT2D eigenvalue weighted by molar-refractivity contribution is 6.12. The summed E-state index contributed by atoms with van der Waals surface area (Å²) in [6.07, 6.45) is 6.64. The van der Waals surface area contributed by atoms with E-state index in [0.29, 0.717) is 19.3 Å². The fourth-order valence-corrected chi connectivity index (χ4v) is 3.52. The number of carbonyl (C=O) groups excluding carboxylic acids is 2. The average Bonchev–Trinajstić information content (AvgIpc) is 2.80. The SMILES string of the molecule is COc1ccc2c(c1)CCCC2=CCC1(C)C(=O)CCC1=O. The van der Waals surface area contributed by atoms with Gasteiger partial charge < -0.3 is 4.74 Å². The molecule has 0 atom stereocenters. The monoisotopic (exact) mass is 298 g/mol. The Kier molecular flexibility index (Phi) is 3.90. The fourth-order valence-electron chi connectivity index (χ4n) is 3.52. The summed E-state index contributed by atoms with van der Waals surface area (Å²) in [6, 6.07) is 6.17. The van der Waals surface area contributed by atoms with Gasteiger partial charge in [-0.3, -0.25) is 9.59 Å². The quantitative estimate of drug-likeness (QED) is 0.798. The van der Waals surface area contributed by atoms with Gasteiger partial charge in [0.05, 0.1) is 12.5 Å². The summed E-state index contributed by atoms with van der Waals surface area (Å²) in [7, 11) is 1.68. The topological polar surface area (TPSA) is 43.4 Å². The molecular formula is C19H22O3. The zero-order chi connectivity index (χ0) is 15.7. The maximum atomic E-state index is 12.0. The summed E-state index contributed by atoms with van der Waals surface area (Å²) >= 11 is 0. The number of methoxy groups -OCH3 is 1. The zero-order valence-corrected chi connectivity index (χ0v) is 13.3. The Morgan fingerprint density at radius 1 is 1.14 bits per heavy atom. The van der Waals surface area contributed by atoms with E-state index >= 15 is 0 Å². The first-order chi connectivity index (χ1) is 10.5. The molecule has 0 heterocycles. The van der Waals surface area contributed by atoms with E-state index in [-0.39, 0.29) is 11.6 Å². The van der Waals surface area contributed by atoms with Crippen molar-refractivity contribution in [3.05, 3.63) is 35.4 Å². The summed E-state index contributed by atoms with van der Waals surface area (Å²) in [5.41, 5.74) is 3.01. The number of ether oxygens (including phenoxy) is 1. The van der Waals surface area contributed by atoms with E-state index in [9.17, 15) is 9.59 Å². The van der Waals surface area contributed by atoms with Crippen molar-refractivity contribution < 1.29 is 14.3 Å². The van der Waals surface area contributed by atoms with Crippen LogP contribution in [0.4, 0.5) is 0 Å². The Balaban J connectivity index is 1.88. The molecule has 0 bridgehead atoms. The second-order valence-corrected chi connectivity index (χ2v) is 6.49. The number of Topliss-reactive ketones (excluding diaryl/α,β-unsaturated/α-hetero) is 2. The number of hydrogen-bond donors (Lipinski definition) is 0. The number of benzene rings is 1. The lowest BCUT2D eigenvalue weighted by Gasteiger charge is -2.22. The Morgan fingerprint density at radius 2 is 1.86 bits per heavy atom. The van der Waals surface area contributed by atoms with Crippen molar-refractivity contribution in [1.82, 2.24) is 0 Å². The third-order valence-electron chi connectivity index (χ3n) is 5.12. The van der Waals surface area contributed by atoms with Gasteiger partial charge in [-0.2, -0.15) is 0 Å². The highest BCUT2D eigenvalue weighted by Gasteiger charge is 2.44. The van der Waals surface area contributed by atoms with Gasteiger partial charge in [-0.1, -0.05) is 12.1 Å². The Hall–Kier alpha value is -1.90. The molecule has 0 aliphatic heterocycles. The highest BCUT2D eigenvalue weighted by atomic mass is 16.5. The summed E-state index contributed by atoms with van der Waals surface area (Å²) in [5.74, 6) is 1.08. The lowest BCUT2D eigenvalue weighted by Crippen LogP contribution is -2.28. The molecule has 1 aromatic rings. The Bertz CT molecular complexity index is 639. The van der Waals surface area contributed by atoms with Gasteiger partial charge in [-0.05, 0) is 61.4 Å². The van der Waals surface area contributed by atoms with Gasteiger partial charge in [0.2, 0.25) is 0 Å². The van der Waals surface area contributed by atoms with Crippen molar-refractivity contribution in [2.45, 2.75) is 45.4 Å². The molecule has 0 spiro atoms. The second-order valence-electron chi connectivity index (χ2n) is 6.49. The van der Waals surface area contributed by atoms with Gasteiger partial charge in [0.1, 0.15) is 17.3 Å². The first-order valence-corrected chi connectivity index (χ1v) is 7.97.